The minimum atomic E-state index is -3.84. The fraction of sp³-hybridized carbons (Fsp3) is 0.174. The van der Waals surface area contributed by atoms with Gasteiger partial charge in [-0.3, -0.25) is 0 Å². The number of rotatable bonds is 8. The molecule has 0 aliphatic heterocycles. The van der Waals surface area contributed by atoms with Crippen molar-refractivity contribution in [1.29, 1.82) is 0 Å². The van der Waals surface area contributed by atoms with Gasteiger partial charge in [0.15, 0.2) is 0 Å². The maximum Gasteiger partial charge on any atom is 0.243 e. The molecular weight excluding hydrogens is 462 g/mol. The average molecular weight is 484 g/mol. The molecule has 1 aromatic heterocycles. The third-order valence-electron chi connectivity index (χ3n) is 5.17. The Morgan fingerprint density at radius 1 is 1.00 bits per heavy atom. The van der Waals surface area contributed by atoms with Crippen molar-refractivity contribution in [2.45, 2.75) is 24.9 Å². The molecule has 0 aliphatic rings. The van der Waals surface area contributed by atoms with E-state index in [1.807, 2.05) is 43.3 Å². The van der Waals surface area contributed by atoms with Crippen LogP contribution in [0.15, 0.2) is 78.0 Å². The standard InChI is InChI=1S/C23H22ClN5O3S/c1-17-12-22(10-11-23(17)29-16-25-26-27-29)33(30,31)28(14-18-6-8-20(24)9-7-18)15-19-4-3-5-21(13-19)32-2/h3-13,16H,14-15H2,1-2H3. The Balaban J connectivity index is 1.71. The zero-order valence-corrected chi connectivity index (χ0v) is 19.7. The fourth-order valence-electron chi connectivity index (χ4n) is 3.46. The number of benzene rings is 3. The Morgan fingerprint density at radius 2 is 1.76 bits per heavy atom. The molecule has 0 spiro atoms. The van der Waals surface area contributed by atoms with Crippen LogP contribution in [0.5, 0.6) is 5.75 Å². The third-order valence-corrected chi connectivity index (χ3v) is 7.21. The van der Waals surface area contributed by atoms with Crippen molar-refractivity contribution in [2.75, 3.05) is 7.11 Å². The zero-order chi connectivity index (χ0) is 23.4. The van der Waals surface area contributed by atoms with Crippen LogP contribution >= 0.6 is 11.6 Å². The first kappa shape index (κ1) is 22.9. The Kier molecular flexibility index (Phi) is 6.73. The molecular formula is C23H22ClN5O3S. The van der Waals surface area contributed by atoms with Crippen molar-refractivity contribution < 1.29 is 13.2 Å². The van der Waals surface area contributed by atoms with E-state index in [1.165, 1.54) is 15.3 Å². The lowest BCUT2D eigenvalue weighted by molar-refractivity contribution is 0.395. The number of hydrogen-bond acceptors (Lipinski definition) is 6. The molecule has 3 aromatic carbocycles. The van der Waals surface area contributed by atoms with Gasteiger partial charge in [0, 0.05) is 18.1 Å². The normalized spacial score (nSPS) is 11.6. The number of tetrazole rings is 1. The van der Waals surface area contributed by atoms with Crippen LogP contribution in [-0.2, 0) is 23.1 Å². The summed E-state index contributed by atoms with van der Waals surface area (Å²) >= 11 is 6.01. The molecule has 4 aromatic rings. The van der Waals surface area contributed by atoms with Gasteiger partial charge in [-0.15, -0.1) is 5.10 Å². The summed E-state index contributed by atoms with van der Waals surface area (Å²) in [6, 6.07) is 19.4. The monoisotopic (exact) mass is 483 g/mol. The summed E-state index contributed by atoms with van der Waals surface area (Å²) in [5, 5.41) is 11.8. The molecule has 170 valence electrons. The summed E-state index contributed by atoms with van der Waals surface area (Å²) in [7, 11) is -2.26. The van der Waals surface area contributed by atoms with Crippen molar-refractivity contribution in [1.82, 2.24) is 24.5 Å². The Bertz CT molecular complexity index is 1340. The maximum absolute atomic E-state index is 13.7. The lowest BCUT2D eigenvalue weighted by Gasteiger charge is -2.23. The van der Waals surface area contributed by atoms with Crippen molar-refractivity contribution in [3.63, 3.8) is 0 Å². The highest BCUT2D eigenvalue weighted by atomic mass is 35.5. The first-order valence-corrected chi connectivity index (χ1v) is 11.9. The number of sulfonamides is 1. The van der Waals surface area contributed by atoms with Crippen molar-refractivity contribution in [2.24, 2.45) is 0 Å². The summed E-state index contributed by atoms with van der Waals surface area (Å²) in [5.41, 5.74) is 3.08. The van der Waals surface area contributed by atoms with Gasteiger partial charge in [0.05, 0.1) is 17.7 Å². The molecule has 33 heavy (non-hydrogen) atoms. The summed E-state index contributed by atoms with van der Waals surface area (Å²) in [5.74, 6) is 0.665. The molecule has 0 atom stereocenters. The summed E-state index contributed by atoms with van der Waals surface area (Å²) < 4.78 is 35.7. The van der Waals surface area contributed by atoms with E-state index < -0.39 is 10.0 Å². The van der Waals surface area contributed by atoms with Crippen molar-refractivity contribution in [3.8, 4) is 11.4 Å². The van der Waals surface area contributed by atoms with Gasteiger partial charge in [-0.25, -0.2) is 13.1 Å². The lowest BCUT2D eigenvalue weighted by atomic mass is 10.2. The molecule has 0 radical (unpaired) electrons. The number of aryl methyl sites for hydroxylation is 1. The van der Waals surface area contributed by atoms with E-state index in [2.05, 4.69) is 15.5 Å². The number of aromatic nitrogens is 4. The molecule has 0 saturated carbocycles. The van der Waals surface area contributed by atoms with Crippen LogP contribution in [0.3, 0.4) is 0 Å². The van der Waals surface area contributed by atoms with Crippen LogP contribution in [0.4, 0.5) is 0 Å². The predicted molar refractivity (Wildman–Crippen MR) is 125 cm³/mol. The van der Waals surface area contributed by atoms with E-state index in [-0.39, 0.29) is 18.0 Å². The van der Waals surface area contributed by atoms with Gasteiger partial charge < -0.3 is 4.74 Å². The zero-order valence-electron chi connectivity index (χ0n) is 18.1. The van der Waals surface area contributed by atoms with Gasteiger partial charge in [0.2, 0.25) is 10.0 Å². The molecule has 0 bridgehead atoms. The number of ether oxygens (including phenoxy) is 1. The van der Waals surface area contributed by atoms with Crippen LogP contribution in [0.2, 0.25) is 5.02 Å². The van der Waals surface area contributed by atoms with Crippen LogP contribution in [0.1, 0.15) is 16.7 Å². The van der Waals surface area contributed by atoms with Gasteiger partial charge in [0.25, 0.3) is 0 Å². The second kappa shape index (κ2) is 9.70. The van der Waals surface area contributed by atoms with E-state index in [9.17, 15) is 8.42 Å². The molecule has 0 N–H and O–H groups in total. The molecule has 0 amide bonds. The molecule has 0 unspecified atom stereocenters. The van der Waals surface area contributed by atoms with Crippen LogP contribution < -0.4 is 4.74 Å². The quantitative estimate of drug-likeness (QED) is 0.376. The van der Waals surface area contributed by atoms with E-state index in [1.54, 1.807) is 37.4 Å². The van der Waals surface area contributed by atoms with Gasteiger partial charge in [0.1, 0.15) is 12.1 Å². The van der Waals surface area contributed by atoms with Gasteiger partial charge >= 0.3 is 0 Å². The van der Waals surface area contributed by atoms with Crippen LogP contribution in [-0.4, -0.2) is 40.0 Å². The molecule has 0 aliphatic carbocycles. The summed E-state index contributed by atoms with van der Waals surface area (Å²) in [6.45, 7) is 2.18. The maximum atomic E-state index is 13.7. The topological polar surface area (TPSA) is 90.2 Å². The molecule has 4 rings (SSSR count). The van der Waals surface area contributed by atoms with Gasteiger partial charge in [-0.2, -0.15) is 4.31 Å². The Labute approximate surface area is 197 Å². The molecule has 10 heteroatoms. The van der Waals surface area contributed by atoms with Gasteiger partial charge in [-0.1, -0.05) is 35.9 Å². The lowest BCUT2D eigenvalue weighted by Crippen LogP contribution is -2.30. The highest BCUT2D eigenvalue weighted by molar-refractivity contribution is 7.89. The van der Waals surface area contributed by atoms with Crippen molar-refractivity contribution >= 4 is 21.6 Å². The van der Waals surface area contributed by atoms with E-state index in [0.717, 1.165) is 16.7 Å². The number of hydrogen-bond donors (Lipinski definition) is 0. The van der Waals surface area contributed by atoms with Gasteiger partial charge in [-0.05, 0) is 76.5 Å². The third kappa shape index (κ3) is 5.22. The second-order valence-electron chi connectivity index (χ2n) is 7.45. The van der Waals surface area contributed by atoms with Crippen LogP contribution in [0, 0.1) is 6.92 Å². The first-order chi connectivity index (χ1) is 15.9. The van der Waals surface area contributed by atoms with E-state index >= 15 is 0 Å². The largest absolute Gasteiger partial charge is 0.497 e. The number of halogens is 1. The summed E-state index contributed by atoms with van der Waals surface area (Å²) in [6.07, 6.45) is 1.46. The smallest absolute Gasteiger partial charge is 0.243 e. The van der Waals surface area contributed by atoms with E-state index in [0.29, 0.717) is 16.5 Å². The summed E-state index contributed by atoms with van der Waals surface area (Å²) in [4.78, 5) is 0.189. The molecule has 0 saturated heterocycles. The average Bonchev–Trinajstić information content (AvgIpc) is 3.34. The van der Waals surface area contributed by atoms with Crippen molar-refractivity contribution in [3.05, 3.63) is 94.8 Å². The number of methoxy groups -OCH3 is 1. The highest BCUT2D eigenvalue weighted by Crippen LogP contribution is 2.26. The highest BCUT2D eigenvalue weighted by Gasteiger charge is 2.26. The second-order valence-corrected chi connectivity index (χ2v) is 9.83. The van der Waals surface area contributed by atoms with E-state index in [4.69, 9.17) is 16.3 Å². The minimum Gasteiger partial charge on any atom is -0.497 e. The molecule has 8 nitrogen and oxygen atoms in total. The molecule has 0 fully saturated rings. The first-order valence-electron chi connectivity index (χ1n) is 10.1. The molecule has 1 heterocycles. The minimum absolute atomic E-state index is 0.177. The van der Waals surface area contributed by atoms with Crippen LogP contribution in [0.25, 0.3) is 5.69 Å². The number of nitrogens with zero attached hydrogens (tertiary/aromatic N) is 5. The Morgan fingerprint density at radius 3 is 2.42 bits per heavy atom. The predicted octanol–water partition coefficient (Wildman–Crippen LogP) is 4.02. The fourth-order valence-corrected chi connectivity index (χ4v) is 5.09. The Hall–Kier alpha value is -3.27. The SMILES string of the molecule is COc1cccc(CN(Cc2ccc(Cl)cc2)S(=O)(=O)c2ccc(-n3cnnn3)c(C)c2)c1.